The second-order valence-electron chi connectivity index (χ2n) is 7.20. The van der Waals surface area contributed by atoms with Gasteiger partial charge in [0.1, 0.15) is 0 Å². The zero-order valence-electron chi connectivity index (χ0n) is 17.8. The number of aromatic nitrogens is 1. The maximum absolute atomic E-state index is 12.9. The number of rotatable bonds is 7. The highest BCUT2D eigenvalue weighted by Crippen LogP contribution is 2.38. The van der Waals surface area contributed by atoms with Crippen molar-refractivity contribution in [2.24, 2.45) is 0 Å². The van der Waals surface area contributed by atoms with Crippen LogP contribution in [0.5, 0.6) is 17.2 Å². The van der Waals surface area contributed by atoms with Crippen molar-refractivity contribution in [3.63, 3.8) is 0 Å². The van der Waals surface area contributed by atoms with Crippen LogP contribution in [-0.2, 0) is 19.5 Å². The molecule has 0 fully saturated rings. The third kappa shape index (κ3) is 4.65. The van der Waals surface area contributed by atoms with Crippen LogP contribution in [0.15, 0.2) is 42.5 Å². The maximum atomic E-state index is 12.9. The van der Waals surface area contributed by atoms with E-state index in [9.17, 15) is 4.79 Å². The number of benzene rings is 2. The number of carbonyl (C=O) groups is 1. The van der Waals surface area contributed by atoms with Crippen molar-refractivity contribution in [2.75, 3.05) is 33.2 Å². The second-order valence-corrected chi connectivity index (χ2v) is 8.29. The fourth-order valence-corrected chi connectivity index (χ4v) is 4.71. The highest BCUT2D eigenvalue weighted by atomic mass is 32.1. The molecule has 0 saturated carbocycles. The first-order chi connectivity index (χ1) is 15.1. The molecule has 2 heterocycles. The van der Waals surface area contributed by atoms with E-state index in [0.29, 0.717) is 27.9 Å². The largest absolute Gasteiger partial charge is 0.493 e. The normalized spacial score (nSPS) is 13.4. The first kappa shape index (κ1) is 21.1. The van der Waals surface area contributed by atoms with E-state index in [-0.39, 0.29) is 5.91 Å². The highest BCUT2D eigenvalue weighted by Gasteiger charge is 2.23. The summed E-state index contributed by atoms with van der Waals surface area (Å²) in [7, 11) is 4.57. The van der Waals surface area contributed by atoms with Crippen molar-refractivity contribution in [1.29, 1.82) is 0 Å². The Labute approximate surface area is 185 Å². The molecule has 0 bridgehead atoms. The van der Waals surface area contributed by atoms with Gasteiger partial charge in [-0.25, -0.2) is 4.98 Å². The Bertz CT molecular complexity index is 1040. The number of ether oxygens (including phenoxy) is 3. The smallest absolute Gasteiger partial charge is 0.257 e. The molecule has 1 aliphatic rings. The van der Waals surface area contributed by atoms with Crippen molar-refractivity contribution in [3.05, 3.63) is 64.2 Å². The van der Waals surface area contributed by atoms with Gasteiger partial charge in [-0.2, -0.15) is 0 Å². The molecule has 0 unspecified atom stereocenters. The minimum atomic E-state index is -0.272. The van der Waals surface area contributed by atoms with Crippen LogP contribution in [0.4, 0.5) is 5.13 Å². The van der Waals surface area contributed by atoms with Gasteiger partial charge in [0.15, 0.2) is 16.6 Å². The fourth-order valence-electron chi connectivity index (χ4n) is 3.66. The Morgan fingerprint density at radius 2 is 1.81 bits per heavy atom. The van der Waals surface area contributed by atoms with E-state index in [1.165, 1.54) is 43.1 Å². The fraction of sp³-hybridized carbons (Fsp3) is 0.304. The molecule has 1 N–H and O–H groups in total. The summed E-state index contributed by atoms with van der Waals surface area (Å²) in [6.45, 7) is 2.69. The first-order valence-corrected chi connectivity index (χ1v) is 10.8. The predicted octanol–water partition coefficient (Wildman–Crippen LogP) is 3.98. The quantitative estimate of drug-likeness (QED) is 0.600. The Morgan fingerprint density at radius 3 is 2.45 bits per heavy atom. The Hall–Kier alpha value is -3.10. The molecule has 4 rings (SSSR count). The number of nitrogens with zero attached hydrogens (tertiary/aromatic N) is 2. The van der Waals surface area contributed by atoms with Crippen molar-refractivity contribution in [3.8, 4) is 17.2 Å². The van der Waals surface area contributed by atoms with Gasteiger partial charge in [0.25, 0.3) is 5.91 Å². The molecule has 0 radical (unpaired) electrons. The van der Waals surface area contributed by atoms with Gasteiger partial charge in [-0.15, -0.1) is 11.3 Å². The molecular weight excluding hydrogens is 414 g/mol. The van der Waals surface area contributed by atoms with Crippen molar-refractivity contribution in [1.82, 2.24) is 9.88 Å². The molecule has 0 atom stereocenters. The predicted molar refractivity (Wildman–Crippen MR) is 120 cm³/mol. The molecule has 162 valence electrons. The third-order valence-electron chi connectivity index (χ3n) is 5.21. The van der Waals surface area contributed by atoms with Crippen LogP contribution in [0.2, 0.25) is 0 Å². The van der Waals surface area contributed by atoms with Gasteiger partial charge in [0.2, 0.25) is 5.75 Å². The van der Waals surface area contributed by atoms with E-state index in [0.717, 1.165) is 31.7 Å². The minimum absolute atomic E-state index is 0.272. The number of hydrogen-bond donors (Lipinski definition) is 1. The van der Waals surface area contributed by atoms with Gasteiger partial charge < -0.3 is 14.2 Å². The number of anilines is 1. The summed E-state index contributed by atoms with van der Waals surface area (Å²) in [5.74, 6) is 1.04. The third-order valence-corrected chi connectivity index (χ3v) is 6.20. The maximum Gasteiger partial charge on any atom is 0.257 e. The summed E-state index contributed by atoms with van der Waals surface area (Å²) in [6, 6.07) is 13.7. The molecule has 31 heavy (non-hydrogen) atoms. The van der Waals surface area contributed by atoms with E-state index in [1.807, 2.05) is 6.07 Å². The average molecular weight is 440 g/mol. The number of fused-ring (bicyclic) bond motifs is 1. The lowest BCUT2D eigenvalue weighted by molar-refractivity contribution is 0.102. The molecule has 0 spiro atoms. The molecule has 0 saturated heterocycles. The van der Waals surface area contributed by atoms with Gasteiger partial charge in [-0.05, 0) is 17.7 Å². The van der Waals surface area contributed by atoms with E-state index >= 15 is 0 Å². The number of thiazole rings is 1. The van der Waals surface area contributed by atoms with E-state index in [4.69, 9.17) is 14.2 Å². The number of nitrogens with one attached hydrogen (secondary N) is 1. The zero-order valence-corrected chi connectivity index (χ0v) is 18.6. The lowest BCUT2D eigenvalue weighted by Crippen LogP contribution is -2.29. The van der Waals surface area contributed by atoms with E-state index in [2.05, 4.69) is 39.5 Å². The number of amides is 1. The lowest BCUT2D eigenvalue weighted by Gasteiger charge is -2.25. The van der Waals surface area contributed by atoms with Crippen molar-refractivity contribution >= 4 is 22.4 Å². The first-order valence-electron chi connectivity index (χ1n) is 9.97. The van der Waals surface area contributed by atoms with Crippen LogP contribution in [-0.4, -0.2) is 43.7 Å². The van der Waals surface area contributed by atoms with Crippen LogP contribution >= 0.6 is 11.3 Å². The molecule has 3 aromatic rings. The summed E-state index contributed by atoms with van der Waals surface area (Å²) in [5, 5.41) is 3.52. The molecule has 1 amide bonds. The van der Waals surface area contributed by atoms with Crippen LogP contribution in [0.1, 0.15) is 26.5 Å². The zero-order chi connectivity index (χ0) is 21.8. The Morgan fingerprint density at radius 1 is 1.10 bits per heavy atom. The van der Waals surface area contributed by atoms with Gasteiger partial charge in [0.05, 0.1) is 27.0 Å². The summed E-state index contributed by atoms with van der Waals surface area (Å²) in [4.78, 5) is 21.1. The molecular formula is C23H25N3O4S. The topological polar surface area (TPSA) is 72.9 Å². The summed E-state index contributed by atoms with van der Waals surface area (Å²) >= 11 is 1.53. The number of carbonyl (C=O) groups excluding carboxylic acids is 1. The van der Waals surface area contributed by atoms with Crippen LogP contribution in [0, 0.1) is 0 Å². The minimum Gasteiger partial charge on any atom is -0.493 e. The van der Waals surface area contributed by atoms with Crippen LogP contribution < -0.4 is 19.5 Å². The highest BCUT2D eigenvalue weighted by molar-refractivity contribution is 7.15. The molecule has 7 nitrogen and oxygen atoms in total. The Balaban J connectivity index is 1.47. The molecule has 1 aliphatic heterocycles. The SMILES string of the molecule is COc1cc(C(=O)Nc2nc3c(s2)CN(Cc2ccccc2)CC3)cc(OC)c1OC. The van der Waals surface area contributed by atoms with Crippen molar-refractivity contribution in [2.45, 2.75) is 19.5 Å². The van der Waals surface area contributed by atoms with E-state index < -0.39 is 0 Å². The van der Waals surface area contributed by atoms with Gasteiger partial charge >= 0.3 is 0 Å². The second kappa shape index (κ2) is 9.36. The monoisotopic (exact) mass is 439 g/mol. The number of methoxy groups -OCH3 is 3. The molecule has 1 aromatic heterocycles. The number of hydrogen-bond acceptors (Lipinski definition) is 7. The van der Waals surface area contributed by atoms with Crippen LogP contribution in [0.25, 0.3) is 0 Å². The lowest BCUT2D eigenvalue weighted by atomic mass is 10.1. The van der Waals surface area contributed by atoms with Gasteiger partial charge in [0, 0.05) is 36.5 Å². The van der Waals surface area contributed by atoms with Gasteiger partial charge in [-0.3, -0.25) is 15.0 Å². The summed E-state index contributed by atoms with van der Waals surface area (Å²) in [5.41, 5.74) is 2.77. The van der Waals surface area contributed by atoms with Crippen LogP contribution in [0.3, 0.4) is 0 Å². The van der Waals surface area contributed by atoms with E-state index in [1.54, 1.807) is 12.1 Å². The Kier molecular flexibility index (Phi) is 6.39. The van der Waals surface area contributed by atoms with Crippen molar-refractivity contribution < 1.29 is 19.0 Å². The molecule has 2 aromatic carbocycles. The standard InChI is InChI=1S/C23H25N3O4S/c1-28-18-11-16(12-19(29-2)21(18)30-3)22(27)25-23-24-17-9-10-26(14-20(17)31-23)13-15-7-5-4-6-8-15/h4-8,11-12H,9-10,13-14H2,1-3H3,(H,24,25,27). The molecule has 8 heteroatoms. The summed E-state index contributed by atoms with van der Waals surface area (Å²) < 4.78 is 16.0. The van der Waals surface area contributed by atoms with Gasteiger partial charge in [-0.1, -0.05) is 30.3 Å². The average Bonchev–Trinajstić information content (AvgIpc) is 3.20. The molecule has 0 aliphatic carbocycles. The summed E-state index contributed by atoms with van der Waals surface area (Å²) in [6.07, 6.45) is 0.874.